The van der Waals surface area contributed by atoms with E-state index in [0.29, 0.717) is 0 Å². The third-order valence-corrected chi connectivity index (χ3v) is 5.24. The summed E-state index contributed by atoms with van der Waals surface area (Å²) in [6, 6.07) is 11.5. The van der Waals surface area contributed by atoms with Crippen molar-refractivity contribution < 1.29 is 22.8 Å². The fourth-order valence-electron chi connectivity index (χ4n) is 1.95. The first-order valence-corrected chi connectivity index (χ1v) is 8.69. The molecular weight excluding hydrogens is 371 g/mol. The van der Waals surface area contributed by atoms with Gasteiger partial charge in [0.25, 0.3) is 0 Å². The molecule has 0 radical (unpaired) electrons. The molecule has 0 fully saturated rings. The highest BCUT2D eigenvalue weighted by atomic mass is 32.1. The number of hydrogen-bond acceptors (Lipinski definition) is 5. The van der Waals surface area contributed by atoms with Crippen molar-refractivity contribution in [2.24, 2.45) is 5.16 Å². The molecule has 3 nitrogen and oxygen atoms in total. The number of carbonyl (C=O) groups is 1. The largest absolute Gasteiger partial charge is 0.416 e. The molecule has 2 heterocycles. The first kappa shape index (κ1) is 17.4. The normalized spacial score (nSPS) is 11.8. The summed E-state index contributed by atoms with van der Waals surface area (Å²) in [6.45, 7) is 0. The lowest BCUT2D eigenvalue weighted by Crippen LogP contribution is -2.06. The predicted molar refractivity (Wildman–Crippen MR) is 92.1 cm³/mol. The molecule has 0 saturated carbocycles. The van der Waals surface area contributed by atoms with Crippen molar-refractivity contribution in [3.8, 4) is 9.75 Å². The minimum Gasteiger partial charge on any atom is -0.313 e. The Morgan fingerprint density at radius 3 is 2.44 bits per heavy atom. The summed E-state index contributed by atoms with van der Waals surface area (Å²) >= 11 is 3.11. The standard InChI is InChI=1S/C17H10F3NO2S2/c18-17(19,20)12-5-3-11(4-6-12)16(22)23-21-10-13-7-8-15(25-13)14-2-1-9-24-14/h1-10H. The molecule has 3 rings (SSSR count). The van der Waals surface area contributed by atoms with Gasteiger partial charge in [0.1, 0.15) is 0 Å². The predicted octanol–water partition coefficient (Wildman–Crippen LogP) is 5.69. The van der Waals surface area contributed by atoms with Crippen LogP contribution in [0.4, 0.5) is 13.2 Å². The number of benzene rings is 1. The van der Waals surface area contributed by atoms with Crippen LogP contribution in [0, 0.1) is 0 Å². The van der Waals surface area contributed by atoms with Crippen molar-refractivity contribution in [3.05, 3.63) is 69.9 Å². The Labute approximate surface area is 149 Å². The van der Waals surface area contributed by atoms with Gasteiger partial charge in [0.2, 0.25) is 0 Å². The molecule has 3 aromatic rings. The number of hydrogen-bond donors (Lipinski definition) is 0. The topological polar surface area (TPSA) is 38.7 Å². The van der Waals surface area contributed by atoms with Gasteiger partial charge in [0, 0.05) is 14.6 Å². The van der Waals surface area contributed by atoms with E-state index in [1.54, 1.807) is 11.3 Å². The van der Waals surface area contributed by atoms with Gasteiger partial charge in [-0.15, -0.1) is 22.7 Å². The molecule has 2 aromatic heterocycles. The van der Waals surface area contributed by atoms with Crippen molar-refractivity contribution in [2.45, 2.75) is 6.18 Å². The average molecular weight is 381 g/mol. The molecule has 0 spiro atoms. The molecule has 1 aromatic carbocycles. The van der Waals surface area contributed by atoms with Gasteiger partial charge in [-0.3, -0.25) is 0 Å². The molecule has 25 heavy (non-hydrogen) atoms. The van der Waals surface area contributed by atoms with Crippen molar-refractivity contribution in [1.82, 2.24) is 0 Å². The van der Waals surface area contributed by atoms with E-state index in [1.807, 2.05) is 29.6 Å². The minimum absolute atomic E-state index is 0.00407. The van der Waals surface area contributed by atoms with E-state index in [9.17, 15) is 18.0 Å². The van der Waals surface area contributed by atoms with Crippen LogP contribution in [0.25, 0.3) is 9.75 Å². The van der Waals surface area contributed by atoms with E-state index < -0.39 is 17.7 Å². The zero-order valence-electron chi connectivity index (χ0n) is 12.5. The maximum atomic E-state index is 12.5. The van der Waals surface area contributed by atoms with Gasteiger partial charge in [-0.2, -0.15) is 13.2 Å². The number of rotatable bonds is 4. The number of carbonyl (C=O) groups excluding carboxylic acids is 1. The summed E-state index contributed by atoms with van der Waals surface area (Å²) in [5, 5.41) is 5.58. The molecule has 0 aliphatic rings. The summed E-state index contributed by atoms with van der Waals surface area (Å²) in [6.07, 6.45) is -3.05. The Bertz CT molecular complexity index is 882. The van der Waals surface area contributed by atoms with E-state index in [2.05, 4.69) is 5.16 Å². The average Bonchev–Trinajstić information content (AvgIpc) is 3.25. The lowest BCUT2D eigenvalue weighted by Gasteiger charge is -2.06. The smallest absolute Gasteiger partial charge is 0.313 e. The Kier molecular flexibility index (Phi) is 5.00. The van der Waals surface area contributed by atoms with Crippen LogP contribution in [0.15, 0.2) is 59.1 Å². The van der Waals surface area contributed by atoms with E-state index in [-0.39, 0.29) is 5.56 Å². The first-order valence-electron chi connectivity index (χ1n) is 6.99. The van der Waals surface area contributed by atoms with Crippen molar-refractivity contribution in [3.63, 3.8) is 0 Å². The summed E-state index contributed by atoms with van der Waals surface area (Å²) < 4.78 is 37.4. The molecule has 0 bridgehead atoms. The molecule has 0 aliphatic carbocycles. The fourth-order valence-corrected chi connectivity index (χ4v) is 3.65. The Morgan fingerprint density at radius 1 is 1.04 bits per heavy atom. The molecule has 0 N–H and O–H groups in total. The van der Waals surface area contributed by atoms with Crippen LogP contribution in [0.2, 0.25) is 0 Å². The molecule has 0 amide bonds. The van der Waals surface area contributed by atoms with E-state index in [0.717, 1.165) is 38.9 Å². The number of oxime groups is 1. The molecule has 8 heteroatoms. The zero-order chi connectivity index (χ0) is 17.9. The van der Waals surface area contributed by atoms with E-state index in [1.165, 1.54) is 17.6 Å². The lowest BCUT2D eigenvalue weighted by atomic mass is 10.1. The number of alkyl halides is 3. The maximum absolute atomic E-state index is 12.5. The van der Waals surface area contributed by atoms with E-state index >= 15 is 0 Å². The Balaban J connectivity index is 1.61. The number of thiophene rings is 2. The quantitative estimate of drug-likeness (QED) is 0.331. The van der Waals surface area contributed by atoms with Crippen molar-refractivity contribution in [1.29, 1.82) is 0 Å². The molecule has 0 aliphatic heterocycles. The highest BCUT2D eigenvalue weighted by Crippen LogP contribution is 2.31. The van der Waals surface area contributed by atoms with Crippen LogP contribution in [0.1, 0.15) is 20.8 Å². The zero-order valence-corrected chi connectivity index (χ0v) is 14.1. The van der Waals surface area contributed by atoms with Gasteiger partial charge in [0.05, 0.1) is 17.3 Å². The Hall–Kier alpha value is -2.45. The molecular formula is C17H10F3NO2S2. The van der Waals surface area contributed by atoms with Crippen LogP contribution in [-0.4, -0.2) is 12.2 Å². The van der Waals surface area contributed by atoms with Crippen molar-refractivity contribution >= 4 is 34.9 Å². The molecule has 0 unspecified atom stereocenters. The van der Waals surface area contributed by atoms with Gasteiger partial charge in [-0.1, -0.05) is 11.2 Å². The second kappa shape index (κ2) is 7.20. The number of nitrogens with zero attached hydrogens (tertiary/aromatic N) is 1. The molecule has 0 atom stereocenters. The van der Waals surface area contributed by atoms with Crippen LogP contribution >= 0.6 is 22.7 Å². The summed E-state index contributed by atoms with van der Waals surface area (Å²) in [5.74, 6) is -0.819. The lowest BCUT2D eigenvalue weighted by molar-refractivity contribution is -0.137. The third kappa shape index (κ3) is 4.34. The second-order valence-corrected chi connectivity index (χ2v) is 6.93. The first-order chi connectivity index (χ1) is 11.9. The van der Waals surface area contributed by atoms with Gasteiger partial charge in [0.15, 0.2) is 0 Å². The van der Waals surface area contributed by atoms with Gasteiger partial charge in [-0.25, -0.2) is 4.79 Å². The molecule has 128 valence electrons. The summed E-state index contributed by atoms with van der Waals surface area (Å²) in [7, 11) is 0. The van der Waals surface area contributed by atoms with Gasteiger partial charge in [-0.05, 0) is 47.8 Å². The van der Waals surface area contributed by atoms with E-state index in [4.69, 9.17) is 4.84 Å². The third-order valence-electron chi connectivity index (χ3n) is 3.15. The van der Waals surface area contributed by atoms with Crippen molar-refractivity contribution in [2.75, 3.05) is 0 Å². The maximum Gasteiger partial charge on any atom is 0.416 e. The Morgan fingerprint density at radius 2 is 1.80 bits per heavy atom. The highest BCUT2D eigenvalue weighted by molar-refractivity contribution is 7.22. The minimum atomic E-state index is -4.44. The highest BCUT2D eigenvalue weighted by Gasteiger charge is 2.30. The monoisotopic (exact) mass is 381 g/mol. The second-order valence-electron chi connectivity index (χ2n) is 4.87. The van der Waals surface area contributed by atoms with Crippen LogP contribution in [-0.2, 0) is 11.0 Å². The van der Waals surface area contributed by atoms with Crippen LogP contribution in [0.3, 0.4) is 0 Å². The SMILES string of the molecule is O=C(ON=Cc1ccc(-c2cccs2)s1)c1ccc(C(F)(F)F)cc1. The summed E-state index contributed by atoms with van der Waals surface area (Å²) in [4.78, 5) is 19.5. The summed E-state index contributed by atoms with van der Waals surface area (Å²) in [5.41, 5.74) is -0.831. The van der Waals surface area contributed by atoms with Crippen LogP contribution in [0.5, 0.6) is 0 Å². The fraction of sp³-hybridized carbons (Fsp3) is 0.0588. The van der Waals surface area contributed by atoms with Crippen LogP contribution < -0.4 is 0 Å². The molecule has 0 saturated heterocycles. The van der Waals surface area contributed by atoms with Gasteiger partial charge >= 0.3 is 12.1 Å². The van der Waals surface area contributed by atoms with Gasteiger partial charge < -0.3 is 4.84 Å². The number of halogens is 3.